The van der Waals surface area contributed by atoms with Crippen LogP contribution in [-0.2, 0) is 0 Å². The Hall–Kier alpha value is -3.28. The van der Waals surface area contributed by atoms with Crippen molar-refractivity contribution in [3.63, 3.8) is 0 Å². The van der Waals surface area contributed by atoms with Crippen LogP contribution in [-0.4, -0.2) is 53.6 Å². The normalized spacial score (nSPS) is 14.5. The predicted molar refractivity (Wildman–Crippen MR) is 119 cm³/mol. The summed E-state index contributed by atoms with van der Waals surface area (Å²) in [5.74, 6) is 1.79. The lowest BCUT2D eigenvalue weighted by Gasteiger charge is -2.24. The van der Waals surface area contributed by atoms with E-state index in [1.54, 1.807) is 13.3 Å². The number of aryl methyl sites for hydroxylation is 1. The Morgan fingerprint density at radius 3 is 2.50 bits per heavy atom. The van der Waals surface area contributed by atoms with Crippen molar-refractivity contribution in [3.05, 3.63) is 71.7 Å². The van der Waals surface area contributed by atoms with Gasteiger partial charge in [0.15, 0.2) is 0 Å². The highest BCUT2D eigenvalue weighted by Crippen LogP contribution is 2.23. The monoisotopic (exact) mass is 404 g/mol. The van der Waals surface area contributed by atoms with E-state index in [1.807, 2.05) is 55.1 Å². The molecule has 6 nitrogen and oxygen atoms in total. The van der Waals surface area contributed by atoms with Gasteiger partial charge >= 0.3 is 0 Å². The third-order valence-electron chi connectivity index (χ3n) is 5.76. The molecule has 2 aromatic heterocycles. The zero-order chi connectivity index (χ0) is 21.1. The van der Waals surface area contributed by atoms with Gasteiger partial charge in [-0.15, -0.1) is 0 Å². The minimum absolute atomic E-state index is 0.0989. The van der Waals surface area contributed by atoms with Gasteiger partial charge in [-0.2, -0.15) is 0 Å². The number of hydrogen-bond acceptors (Lipinski definition) is 4. The standard InChI is InChI=1S/C24H28N4O2/c1-18-17-22(19(2)28(18)23-7-4-5-12-25-23)24(29)27-14-6-13-26(15-16-27)20-8-10-21(30-3)11-9-20/h4-5,7-12,17H,6,13-16H2,1-3H3. The highest BCUT2D eigenvalue weighted by atomic mass is 16.5. The van der Waals surface area contributed by atoms with Crippen molar-refractivity contribution >= 4 is 11.6 Å². The lowest BCUT2D eigenvalue weighted by atomic mass is 10.2. The van der Waals surface area contributed by atoms with Crippen LogP contribution in [0.15, 0.2) is 54.7 Å². The molecule has 1 aliphatic heterocycles. The summed E-state index contributed by atoms with van der Waals surface area (Å²) in [5.41, 5.74) is 3.88. The molecule has 1 fully saturated rings. The quantitative estimate of drug-likeness (QED) is 0.663. The molecule has 6 heteroatoms. The van der Waals surface area contributed by atoms with Crippen molar-refractivity contribution in [2.75, 3.05) is 38.2 Å². The van der Waals surface area contributed by atoms with Gasteiger partial charge in [0.25, 0.3) is 5.91 Å². The largest absolute Gasteiger partial charge is 0.497 e. The molecule has 1 aromatic carbocycles. The molecule has 0 radical (unpaired) electrons. The van der Waals surface area contributed by atoms with Gasteiger partial charge in [-0.1, -0.05) is 6.07 Å². The maximum Gasteiger partial charge on any atom is 0.255 e. The van der Waals surface area contributed by atoms with E-state index in [-0.39, 0.29) is 5.91 Å². The molecule has 0 atom stereocenters. The first kappa shape index (κ1) is 20.0. The van der Waals surface area contributed by atoms with Crippen LogP contribution in [0.5, 0.6) is 5.75 Å². The highest BCUT2D eigenvalue weighted by molar-refractivity contribution is 5.96. The van der Waals surface area contributed by atoms with E-state index in [0.717, 1.165) is 54.6 Å². The fourth-order valence-electron chi connectivity index (χ4n) is 4.16. The SMILES string of the molecule is COc1ccc(N2CCCN(C(=O)c3cc(C)n(-c4ccccn4)c3C)CC2)cc1. The van der Waals surface area contributed by atoms with Gasteiger partial charge in [0.05, 0.1) is 12.7 Å². The Morgan fingerprint density at radius 2 is 1.80 bits per heavy atom. The second kappa shape index (κ2) is 8.61. The van der Waals surface area contributed by atoms with Gasteiger partial charge in [-0.25, -0.2) is 4.98 Å². The zero-order valence-corrected chi connectivity index (χ0v) is 17.8. The summed E-state index contributed by atoms with van der Waals surface area (Å²) >= 11 is 0. The summed E-state index contributed by atoms with van der Waals surface area (Å²) in [6.45, 7) is 7.24. The number of anilines is 1. The second-order valence-corrected chi connectivity index (χ2v) is 7.64. The van der Waals surface area contributed by atoms with Crippen molar-refractivity contribution in [1.29, 1.82) is 0 Å². The van der Waals surface area contributed by atoms with Gasteiger partial charge in [-0.05, 0) is 62.7 Å². The van der Waals surface area contributed by atoms with Crippen molar-refractivity contribution in [2.45, 2.75) is 20.3 Å². The van der Waals surface area contributed by atoms with Crippen LogP contribution in [0.3, 0.4) is 0 Å². The Morgan fingerprint density at radius 1 is 1.00 bits per heavy atom. The lowest BCUT2D eigenvalue weighted by Crippen LogP contribution is -2.35. The van der Waals surface area contributed by atoms with Crippen molar-refractivity contribution < 1.29 is 9.53 Å². The Labute approximate surface area is 177 Å². The van der Waals surface area contributed by atoms with E-state index in [2.05, 4.69) is 26.6 Å². The summed E-state index contributed by atoms with van der Waals surface area (Å²) in [6, 6.07) is 15.9. The summed E-state index contributed by atoms with van der Waals surface area (Å²) < 4.78 is 7.31. The topological polar surface area (TPSA) is 50.6 Å². The molecule has 1 aliphatic rings. The molecule has 0 bridgehead atoms. The number of carbonyl (C=O) groups is 1. The van der Waals surface area contributed by atoms with Gasteiger partial charge in [0.1, 0.15) is 11.6 Å². The molecule has 1 amide bonds. The summed E-state index contributed by atoms with van der Waals surface area (Å²) in [7, 11) is 1.68. The van der Waals surface area contributed by atoms with E-state index >= 15 is 0 Å². The number of methoxy groups -OCH3 is 1. The molecular formula is C24H28N4O2. The number of ether oxygens (including phenoxy) is 1. The average molecular weight is 405 g/mol. The second-order valence-electron chi connectivity index (χ2n) is 7.64. The fourth-order valence-corrected chi connectivity index (χ4v) is 4.16. The lowest BCUT2D eigenvalue weighted by molar-refractivity contribution is 0.0766. The third kappa shape index (κ3) is 3.90. The molecule has 0 aliphatic carbocycles. The Kier molecular flexibility index (Phi) is 5.74. The predicted octanol–water partition coefficient (Wildman–Crippen LogP) is 3.85. The van der Waals surface area contributed by atoms with Crippen LogP contribution >= 0.6 is 0 Å². The first-order chi connectivity index (χ1) is 14.6. The van der Waals surface area contributed by atoms with Crippen LogP contribution in [0.2, 0.25) is 0 Å². The number of amides is 1. The minimum atomic E-state index is 0.0989. The molecule has 0 saturated carbocycles. The first-order valence-electron chi connectivity index (χ1n) is 10.4. The molecule has 0 unspecified atom stereocenters. The number of carbonyl (C=O) groups excluding carboxylic acids is 1. The van der Waals surface area contributed by atoms with Crippen LogP contribution in [0.25, 0.3) is 5.82 Å². The summed E-state index contributed by atoms with van der Waals surface area (Å²) in [6.07, 6.45) is 2.72. The molecular weight excluding hydrogens is 376 g/mol. The molecule has 0 N–H and O–H groups in total. The van der Waals surface area contributed by atoms with E-state index in [0.29, 0.717) is 6.54 Å². The number of benzene rings is 1. The molecule has 30 heavy (non-hydrogen) atoms. The van der Waals surface area contributed by atoms with Crippen LogP contribution < -0.4 is 9.64 Å². The molecule has 1 saturated heterocycles. The van der Waals surface area contributed by atoms with E-state index in [1.165, 1.54) is 5.69 Å². The molecule has 4 rings (SSSR count). The summed E-state index contributed by atoms with van der Waals surface area (Å²) in [4.78, 5) is 22.1. The number of rotatable bonds is 4. The fraction of sp³-hybridized carbons (Fsp3) is 0.333. The van der Waals surface area contributed by atoms with E-state index in [4.69, 9.17) is 4.74 Å². The first-order valence-corrected chi connectivity index (χ1v) is 10.4. The number of aromatic nitrogens is 2. The highest BCUT2D eigenvalue weighted by Gasteiger charge is 2.24. The Bertz CT molecular complexity index is 1010. The van der Waals surface area contributed by atoms with Crippen molar-refractivity contribution in [3.8, 4) is 11.6 Å². The molecule has 3 aromatic rings. The minimum Gasteiger partial charge on any atom is -0.497 e. The van der Waals surface area contributed by atoms with Gasteiger partial charge in [-0.3, -0.25) is 4.79 Å². The number of pyridine rings is 1. The zero-order valence-electron chi connectivity index (χ0n) is 17.8. The van der Waals surface area contributed by atoms with Gasteiger partial charge in [0.2, 0.25) is 0 Å². The van der Waals surface area contributed by atoms with Gasteiger partial charge in [0, 0.05) is 49.5 Å². The van der Waals surface area contributed by atoms with Crippen LogP contribution in [0.4, 0.5) is 5.69 Å². The smallest absolute Gasteiger partial charge is 0.255 e. The van der Waals surface area contributed by atoms with Crippen molar-refractivity contribution in [2.24, 2.45) is 0 Å². The average Bonchev–Trinajstić information content (AvgIpc) is 2.94. The maximum atomic E-state index is 13.4. The van der Waals surface area contributed by atoms with Crippen LogP contribution in [0.1, 0.15) is 28.2 Å². The molecule has 156 valence electrons. The molecule has 0 spiro atoms. The maximum absolute atomic E-state index is 13.4. The van der Waals surface area contributed by atoms with E-state index in [9.17, 15) is 4.79 Å². The number of hydrogen-bond donors (Lipinski definition) is 0. The van der Waals surface area contributed by atoms with Crippen LogP contribution in [0, 0.1) is 13.8 Å². The summed E-state index contributed by atoms with van der Waals surface area (Å²) in [5, 5.41) is 0. The number of nitrogens with zero attached hydrogens (tertiary/aromatic N) is 4. The van der Waals surface area contributed by atoms with Gasteiger partial charge < -0.3 is 19.1 Å². The Balaban J connectivity index is 1.50. The third-order valence-corrected chi connectivity index (χ3v) is 5.76. The van der Waals surface area contributed by atoms with E-state index < -0.39 is 0 Å². The van der Waals surface area contributed by atoms with Crippen molar-refractivity contribution in [1.82, 2.24) is 14.5 Å². The molecule has 3 heterocycles.